The third-order valence-corrected chi connectivity index (χ3v) is 7.22. The van der Waals surface area contributed by atoms with Crippen molar-refractivity contribution in [3.8, 4) is 11.1 Å². The molecule has 4 N–H and O–H groups in total. The van der Waals surface area contributed by atoms with Gasteiger partial charge in [0.25, 0.3) is 5.91 Å². The summed E-state index contributed by atoms with van der Waals surface area (Å²) in [5.74, 6) is -0.322. The topological polar surface area (TPSA) is 97.3 Å². The van der Waals surface area contributed by atoms with Crippen LogP contribution in [0.5, 0.6) is 0 Å². The Labute approximate surface area is 193 Å². The average Bonchev–Trinajstić information content (AvgIpc) is 3.15. The zero-order valence-corrected chi connectivity index (χ0v) is 19.1. The van der Waals surface area contributed by atoms with Gasteiger partial charge in [0, 0.05) is 34.8 Å². The van der Waals surface area contributed by atoms with Crippen LogP contribution in [0.3, 0.4) is 0 Å². The van der Waals surface area contributed by atoms with Crippen LogP contribution in [0.15, 0.2) is 36.4 Å². The van der Waals surface area contributed by atoms with E-state index in [-0.39, 0.29) is 18.1 Å². The quantitative estimate of drug-likeness (QED) is 0.532. The summed E-state index contributed by atoms with van der Waals surface area (Å²) in [4.78, 5) is 25.0. The van der Waals surface area contributed by atoms with Crippen LogP contribution in [0.25, 0.3) is 22.0 Å². The van der Waals surface area contributed by atoms with E-state index in [4.69, 9.17) is 5.73 Å². The molecule has 2 aliphatic rings. The number of aliphatic hydroxyl groups excluding tert-OH is 1. The van der Waals surface area contributed by atoms with Crippen LogP contribution in [0.4, 0.5) is 5.69 Å². The lowest BCUT2D eigenvalue weighted by molar-refractivity contribution is 0.0889. The van der Waals surface area contributed by atoms with E-state index < -0.39 is 5.91 Å². The summed E-state index contributed by atoms with van der Waals surface area (Å²) < 4.78 is 1.89. The van der Waals surface area contributed by atoms with Crippen LogP contribution in [-0.2, 0) is 12.8 Å². The molecule has 1 fully saturated rings. The molecule has 1 aliphatic heterocycles. The van der Waals surface area contributed by atoms with Crippen LogP contribution in [0.2, 0.25) is 0 Å². The number of carbonyl (C=O) groups is 2. The van der Waals surface area contributed by atoms with Crippen LogP contribution >= 0.6 is 0 Å². The number of nitrogens with zero attached hydrogens (tertiary/aromatic N) is 1. The Bertz CT molecular complexity index is 1240. The van der Waals surface area contributed by atoms with Crippen molar-refractivity contribution in [1.82, 2.24) is 4.57 Å². The monoisotopic (exact) mass is 445 g/mol. The van der Waals surface area contributed by atoms with Gasteiger partial charge in [0.05, 0.1) is 17.2 Å². The van der Waals surface area contributed by atoms with E-state index in [1.54, 1.807) is 6.07 Å². The predicted octanol–water partition coefficient (Wildman–Crippen LogP) is 4.66. The SMILES string of the molecule is CCc1ccc2c(c1)c(-c1ccc(C(N)=O)c(N[C@H]3CC[C@H](O)CC3)c1)c1n2C(=O)CCC1. The van der Waals surface area contributed by atoms with Crippen LogP contribution in [0, 0.1) is 0 Å². The van der Waals surface area contributed by atoms with E-state index in [9.17, 15) is 14.7 Å². The summed E-state index contributed by atoms with van der Waals surface area (Å²) >= 11 is 0. The Balaban J connectivity index is 1.65. The molecule has 5 rings (SSSR count). The van der Waals surface area contributed by atoms with Gasteiger partial charge in [0.2, 0.25) is 5.91 Å². The summed E-state index contributed by atoms with van der Waals surface area (Å²) in [5.41, 5.74) is 12.2. The summed E-state index contributed by atoms with van der Waals surface area (Å²) in [5, 5.41) is 14.5. The molecule has 2 heterocycles. The molecule has 0 atom stereocenters. The number of carbonyl (C=O) groups excluding carboxylic acids is 2. The third-order valence-electron chi connectivity index (χ3n) is 7.22. The van der Waals surface area contributed by atoms with Crippen molar-refractivity contribution < 1.29 is 14.7 Å². The third kappa shape index (κ3) is 3.93. The van der Waals surface area contributed by atoms with Gasteiger partial charge in [-0.3, -0.25) is 14.2 Å². The van der Waals surface area contributed by atoms with Crippen molar-refractivity contribution in [2.75, 3.05) is 5.32 Å². The molecular weight excluding hydrogens is 414 g/mol. The standard InChI is InChI=1S/C27H31N3O3/c1-2-16-6-13-23-21(14-16)26(24-4-3-5-25(32)30(23)24)17-7-12-20(27(28)33)22(15-17)29-18-8-10-19(31)11-9-18/h6-7,12-15,18-19,29,31H,2-5,8-11H2,1H3,(H2,28,33)/t18-,19-. The molecule has 2 aromatic carbocycles. The smallest absolute Gasteiger partial charge is 0.250 e. The molecule has 1 aliphatic carbocycles. The second kappa shape index (κ2) is 8.67. The fraction of sp³-hybridized carbons (Fsp3) is 0.407. The molecule has 3 aromatic rings. The second-order valence-corrected chi connectivity index (χ2v) is 9.38. The van der Waals surface area contributed by atoms with Gasteiger partial charge in [-0.1, -0.05) is 19.1 Å². The molecule has 1 saturated carbocycles. The van der Waals surface area contributed by atoms with Gasteiger partial charge in [-0.25, -0.2) is 0 Å². The number of anilines is 1. The van der Waals surface area contributed by atoms with Gasteiger partial charge in [0.15, 0.2) is 0 Å². The van der Waals surface area contributed by atoms with Crippen molar-refractivity contribution in [2.24, 2.45) is 5.73 Å². The largest absolute Gasteiger partial charge is 0.393 e. The van der Waals surface area contributed by atoms with Crippen molar-refractivity contribution in [3.05, 3.63) is 53.2 Å². The minimum absolute atomic E-state index is 0.143. The highest BCUT2D eigenvalue weighted by Gasteiger charge is 2.27. The number of amides is 1. The number of nitrogens with two attached hydrogens (primary N) is 1. The Morgan fingerprint density at radius 2 is 1.91 bits per heavy atom. The van der Waals surface area contributed by atoms with E-state index >= 15 is 0 Å². The molecule has 1 amide bonds. The van der Waals surface area contributed by atoms with E-state index in [2.05, 4.69) is 30.4 Å². The Hall–Kier alpha value is -3.12. The normalized spacial score (nSPS) is 20.6. The van der Waals surface area contributed by atoms with E-state index in [1.165, 1.54) is 5.56 Å². The number of aliphatic hydroxyl groups is 1. The number of primary amides is 1. The first-order valence-electron chi connectivity index (χ1n) is 12.0. The maximum Gasteiger partial charge on any atom is 0.250 e. The number of hydrogen-bond acceptors (Lipinski definition) is 4. The maximum absolute atomic E-state index is 12.9. The molecule has 0 unspecified atom stereocenters. The first-order chi connectivity index (χ1) is 16.0. The molecule has 6 nitrogen and oxygen atoms in total. The number of fused-ring (bicyclic) bond motifs is 3. The number of benzene rings is 2. The van der Waals surface area contributed by atoms with Crippen molar-refractivity contribution in [1.29, 1.82) is 0 Å². The van der Waals surface area contributed by atoms with E-state index in [0.717, 1.165) is 78.4 Å². The molecule has 33 heavy (non-hydrogen) atoms. The van der Waals surface area contributed by atoms with Gasteiger partial charge >= 0.3 is 0 Å². The summed E-state index contributed by atoms with van der Waals surface area (Å²) in [6, 6.07) is 12.3. The highest BCUT2D eigenvalue weighted by Crippen LogP contribution is 2.40. The van der Waals surface area contributed by atoms with Gasteiger partial charge < -0.3 is 16.2 Å². The molecule has 0 radical (unpaired) electrons. The number of hydrogen-bond donors (Lipinski definition) is 3. The molecule has 172 valence electrons. The Kier molecular flexibility index (Phi) is 5.71. The molecule has 1 aromatic heterocycles. The minimum Gasteiger partial charge on any atom is -0.393 e. The lowest BCUT2D eigenvalue weighted by atomic mass is 9.92. The summed E-state index contributed by atoms with van der Waals surface area (Å²) in [6.45, 7) is 2.13. The number of aromatic nitrogens is 1. The molecule has 0 saturated heterocycles. The van der Waals surface area contributed by atoms with Crippen molar-refractivity contribution in [2.45, 2.75) is 70.4 Å². The lowest BCUT2D eigenvalue weighted by Crippen LogP contribution is -2.29. The number of rotatable bonds is 5. The van der Waals surface area contributed by atoms with Crippen molar-refractivity contribution in [3.63, 3.8) is 0 Å². The Morgan fingerprint density at radius 1 is 1.12 bits per heavy atom. The number of nitrogens with one attached hydrogen (secondary N) is 1. The summed E-state index contributed by atoms with van der Waals surface area (Å²) in [7, 11) is 0. The maximum atomic E-state index is 12.9. The van der Waals surface area contributed by atoms with E-state index in [0.29, 0.717) is 12.0 Å². The first-order valence-corrected chi connectivity index (χ1v) is 12.0. The predicted molar refractivity (Wildman–Crippen MR) is 131 cm³/mol. The van der Waals surface area contributed by atoms with Gasteiger partial charge in [0.1, 0.15) is 0 Å². The van der Waals surface area contributed by atoms with Crippen LogP contribution < -0.4 is 11.1 Å². The highest BCUT2D eigenvalue weighted by atomic mass is 16.3. The number of aryl methyl sites for hydroxylation is 1. The van der Waals surface area contributed by atoms with Gasteiger partial charge in [-0.2, -0.15) is 0 Å². The van der Waals surface area contributed by atoms with Gasteiger partial charge in [-0.15, -0.1) is 0 Å². The average molecular weight is 446 g/mol. The van der Waals surface area contributed by atoms with Gasteiger partial charge in [-0.05, 0) is 80.3 Å². The summed E-state index contributed by atoms with van der Waals surface area (Å²) in [6.07, 6.45) is 6.14. The fourth-order valence-electron chi connectivity index (χ4n) is 5.45. The fourth-order valence-corrected chi connectivity index (χ4v) is 5.45. The molecule has 6 heteroatoms. The first kappa shape index (κ1) is 21.7. The molecular formula is C27H31N3O3. The minimum atomic E-state index is -0.466. The second-order valence-electron chi connectivity index (χ2n) is 9.38. The highest BCUT2D eigenvalue weighted by molar-refractivity contribution is 6.06. The van der Waals surface area contributed by atoms with E-state index in [1.807, 2.05) is 16.7 Å². The molecule has 0 bridgehead atoms. The van der Waals surface area contributed by atoms with Crippen LogP contribution in [-0.4, -0.2) is 33.6 Å². The lowest BCUT2D eigenvalue weighted by Gasteiger charge is -2.28. The zero-order chi connectivity index (χ0) is 23.1. The zero-order valence-electron chi connectivity index (χ0n) is 19.1. The Morgan fingerprint density at radius 3 is 2.64 bits per heavy atom. The van der Waals surface area contributed by atoms with Crippen molar-refractivity contribution >= 4 is 28.4 Å². The molecule has 0 spiro atoms. The van der Waals surface area contributed by atoms with Crippen LogP contribution in [0.1, 0.15) is 71.9 Å².